The number of benzene rings is 2. The van der Waals surface area contributed by atoms with E-state index in [9.17, 15) is 9.59 Å². The van der Waals surface area contributed by atoms with Crippen molar-refractivity contribution in [2.24, 2.45) is 0 Å². The van der Waals surface area contributed by atoms with Crippen LogP contribution in [0.4, 0.5) is 23.0 Å². The van der Waals surface area contributed by atoms with Gasteiger partial charge in [0, 0.05) is 69.3 Å². The van der Waals surface area contributed by atoms with E-state index >= 15 is 0 Å². The molecule has 2 aliphatic heterocycles. The third kappa shape index (κ3) is 6.40. The van der Waals surface area contributed by atoms with E-state index in [1.807, 2.05) is 53.4 Å². The second kappa shape index (κ2) is 11.6. The monoisotopic (exact) mass is 547 g/mol. The molecule has 2 saturated heterocycles. The number of hydrogen-bond donors (Lipinski definition) is 2. The molecule has 3 heterocycles. The topological polar surface area (TPSA) is 103 Å². The molecule has 0 aliphatic carbocycles. The van der Waals surface area contributed by atoms with Crippen LogP contribution in [0.2, 0.25) is 5.02 Å². The highest BCUT2D eigenvalue weighted by atomic mass is 35.5. The summed E-state index contributed by atoms with van der Waals surface area (Å²) in [5, 5.41) is 6.89. The van der Waals surface area contributed by atoms with Gasteiger partial charge in [-0.1, -0.05) is 24.2 Å². The Hall–Kier alpha value is -4.31. The van der Waals surface area contributed by atoms with Gasteiger partial charge < -0.3 is 30.1 Å². The first kappa shape index (κ1) is 26.3. The Labute approximate surface area is 232 Å². The van der Waals surface area contributed by atoms with Gasteiger partial charge in [-0.15, -0.1) is 0 Å². The van der Waals surface area contributed by atoms with Crippen LogP contribution < -0.4 is 20.3 Å². The van der Waals surface area contributed by atoms with Crippen molar-refractivity contribution in [3.63, 3.8) is 0 Å². The fraction of sp³-hybridized carbons (Fsp3) is 0.286. The van der Waals surface area contributed by atoms with Crippen molar-refractivity contribution in [3.05, 3.63) is 72.4 Å². The van der Waals surface area contributed by atoms with E-state index in [4.69, 9.17) is 16.3 Å². The number of aromatic nitrogens is 2. The summed E-state index contributed by atoms with van der Waals surface area (Å²) in [7, 11) is 0. The van der Waals surface area contributed by atoms with E-state index < -0.39 is 0 Å². The number of amides is 2. The van der Waals surface area contributed by atoms with Crippen LogP contribution in [-0.4, -0.2) is 76.9 Å². The molecule has 0 bridgehead atoms. The Morgan fingerprint density at radius 2 is 1.79 bits per heavy atom. The summed E-state index contributed by atoms with van der Waals surface area (Å²) in [5.74, 6) is 1.21. The molecule has 0 atom stereocenters. The number of rotatable bonds is 8. The molecule has 1 aromatic heterocycles. The Balaban J connectivity index is 1.19. The van der Waals surface area contributed by atoms with Crippen molar-refractivity contribution in [3.8, 4) is 11.6 Å². The van der Waals surface area contributed by atoms with Crippen LogP contribution in [0, 0.1) is 0 Å². The summed E-state index contributed by atoms with van der Waals surface area (Å²) in [4.78, 5) is 37.8. The minimum Gasteiger partial charge on any atom is -0.437 e. The van der Waals surface area contributed by atoms with E-state index in [1.54, 1.807) is 11.8 Å². The summed E-state index contributed by atoms with van der Waals surface area (Å²) in [5.41, 5.74) is 2.79. The van der Waals surface area contributed by atoms with Crippen molar-refractivity contribution in [2.75, 3.05) is 54.8 Å². The van der Waals surface area contributed by atoms with E-state index in [-0.39, 0.29) is 28.8 Å². The van der Waals surface area contributed by atoms with Crippen LogP contribution in [0.5, 0.6) is 11.6 Å². The van der Waals surface area contributed by atoms with Crippen LogP contribution in [0.25, 0.3) is 0 Å². The predicted molar refractivity (Wildman–Crippen MR) is 152 cm³/mol. The van der Waals surface area contributed by atoms with Gasteiger partial charge in [-0.2, -0.15) is 4.98 Å². The first-order chi connectivity index (χ1) is 18.9. The maximum absolute atomic E-state index is 11.7. The number of carbonyl (C=O) groups excluding carboxylic acids is 2. The molecule has 0 unspecified atom stereocenters. The summed E-state index contributed by atoms with van der Waals surface area (Å²) in [6.07, 6.45) is 2.82. The largest absolute Gasteiger partial charge is 0.437 e. The second-order valence-corrected chi connectivity index (χ2v) is 9.84. The van der Waals surface area contributed by atoms with Gasteiger partial charge in [-0.05, 0) is 42.5 Å². The smallest absolute Gasteiger partial charge is 0.246 e. The third-order valence-electron chi connectivity index (χ3n) is 6.71. The zero-order chi connectivity index (χ0) is 27.4. The van der Waals surface area contributed by atoms with Crippen LogP contribution in [0.15, 0.2) is 67.4 Å². The van der Waals surface area contributed by atoms with Crippen molar-refractivity contribution in [1.82, 2.24) is 19.8 Å². The average Bonchev–Trinajstić information content (AvgIpc) is 2.92. The molecule has 2 N–H and O–H groups in total. The maximum atomic E-state index is 11.7. The molecule has 5 rings (SSSR count). The Kier molecular flexibility index (Phi) is 7.83. The van der Waals surface area contributed by atoms with Gasteiger partial charge in [0.05, 0.1) is 12.2 Å². The van der Waals surface area contributed by atoms with Crippen LogP contribution >= 0.6 is 11.6 Å². The van der Waals surface area contributed by atoms with Crippen molar-refractivity contribution >= 4 is 46.4 Å². The van der Waals surface area contributed by atoms with Gasteiger partial charge >= 0.3 is 0 Å². The highest BCUT2D eigenvalue weighted by Crippen LogP contribution is 2.30. The third-order valence-corrected chi connectivity index (χ3v) is 6.97. The molecular weight excluding hydrogens is 518 g/mol. The number of likely N-dealkylation sites (tertiary alicyclic amines) is 1. The molecule has 3 aromatic rings. The fourth-order valence-corrected chi connectivity index (χ4v) is 4.65. The lowest BCUT2D eigenvalue weighted by atomic mass is 10.1. The number of carbonyl (C=O) groups is 2. The lowest BCUT2D eigenvalue weighted by molar-refractivity contribution is -0.130. The molecule has 39 heavy (non-hydrogen) atoms. The Bertz CT molecular complexity index is 1350. The van der Waals surface area contributed by atoms with E-state index in [2.05, 4.69) is 32.1 Å². The molecule has 2 amide bonds. The van der Waals surface area contributed by atoms with Gasteiger partial charge in [0.25, 0.3) is 0 Å². The quantitative estimate of drug-likeness (QED) is 0.406. The van der Waals surface area contributed by atoms with Crippen LogP contribution in [-0.2, 0) is 9.59 Å². The molecule has 0 radical (unpaired) electrons. The van der Waals surface area contributed by atoms with E-state index in [1.165, 1.54) is 12.3 Å². The summed E-state index contributed by atoms with van der Waals surface area (Å²) >= 11 is 6.33. The van der Waals surface area contributed by atoms with Crippen LogP contribution in [0.1, 0.15) is 6.92 Å². The summed E-state index contributed by atoms with van der Waals surface area (Å²) in [6.45, 7) is 9.45. The molecule has 10 nitrogen and oxygen atoms in total. The van der Waals surface area contributed by atoms with Crippen molar-refractivity contribution in [2.45, 2.75) is 13.0 Å². The van der Waals surface area contributed by atoms with Gasteiger partial charge in [0.1, 0.15) is 10.8 Å². The lowest BCUT2D eigenvalue weighted by Gasteiger charge is -2.39. The number of piperazine rings is 1. The van der Waals surface area contributed by atoms with Gasteiger partial charge in [-0.3, -0.25) is 9.59 Å². The minimum absolute atomic E-state index is 0.0619. The van der Waals surface area contributed by atoms with Crippen LogP contribution in [0.3, 0.4) is 0 Å². The molecule has 2 fully saturated rings. The molecule has 2 aliphatic rings. The Morgan fingerprint density at radius 3 is 2.49 bits per heavy atom. The lowest BCUT2D eigenvalue weighted by Crippen LogP contribution is -2.56. The fourth-order valence-electron chi connectivity index (χ4n) is 4.52. The molecule has 11 heteroatoms. The normalized spacial score (nSPS) is 15.4. The first-order valence-electron chi connectivity index (χ1n) is 12.7. The maximum Gasteiger partial charge on any atom is 0.246 e. The molecule has 202 valence electrons. The number of nitrogens with zero attached hydrogens (tertiary/aromatic N) is 5. The van der Waals surface area contributed by atoms with Crippen molar-refractivity contribution in [1.29, 1.82) is 0 Å². The second-order valence-electron chi connectivity index (χ2n) is 9.43. The van der Waals surface area contributed by atoms with Gasteiger partial charge in [0.2, 0.25) is 23.6 Å². The summed E-state index contributed by atoms with van der Waals surface area (Å²) < 4.78 is 5.99. The predicted octanol–water partition coefficient (Wildman–Crippen LogP) is 4.14. The molecule has 0 saturated carbocycles. The number of hydrogen-bond acceptors (Lipinski definition) is 8. The highest BCUT2D eigenvalue weighted by molar-refractivity contribution is 6.31. The number of halogens is 1. The molecule has 2 aromatic carbocycles. The average molecular weight is 548 g/mol. The Morgan fingerprint density at radius 1 is 1.05 bits per heavy atom. The molecule has 0 spiro atoms. The van der Waals surface area contributed by atoms with E-state index in [0.29, 0.717) is 24.8 Å². The number of ether oxygens (including phenoxy) is 1. The highest BCUT2D eigenvalue weighted by Gasteiger charge is 2.29. The number of nitrogens with one attached hydrogen (secondary N) is 2. The number of anilines is 4. The minimum atomic E-state index is -0.0619. The zero-order valence-electron chi connectivity index (χ0n) is 21.6. The summed E-state index contributed by atoms with van der Waals surface area (Å²) in [6, 6.07) is 15.6. The van der Waals surface area contributed by atoms with Crippen molar-refractivity contribution < 1.29 is 14.3 Å². The molecular formula is C28H30ClN7O3. The van der Waals surface area contributed by atoms with Gasteiger partial charge in [-0.25, -0.2) is 4.98 Å². The van der Waals surface area contributed by atoms with Gasteiger partial charge in [0.15, 0.2) is 0 Å². The zero-order valence-corrected chi connectivity index (χ0v) is 22.4. The SMILES string of the molecule is C=CC(=O)N1CC(Nc2cccc(Oc3nc(Nc4ccc(N5CCN(C(C)=O)CC5)cc4)ncc3Cl)c2)C1. The standard InChI is InChI=1S/C28H30ClN7O3/c1-3-26(38)36-17-22(18-36)31-21-5-4-6-24(15-21)39-27-25(29)16-30-28(33-27)32-20-7-9-23(10-8-20)35-13-11-34(12-14-35)19(2)37/h3-10,15-16,22,31H,1,11-14,17-18H2,2H3,(H,30,32,33). The first-order valence-corrected chi connectivity index (χ1v) is 13.1. The van der Waals surface area contributed by atoms with E-state index in [0.717, 1.165) is 43.2 Å².